The Hall–Kier alpha value is -2.84. The van der Waals surface area contributed by atoms with E-state index in [-0.39, 0.29) is 45.0 Å². The Labute approximate surface area is 529 Å². The van der Waals surface area contributed by atoms with Gasteiger partial charge >= 0.3 is 24.1 Å². The molecule has 0 rings (SSSR count). The zero-order chi connectivity index (χ0) is 64.4. The molecular formula is C66H125F3N2O17. The lowest BCUT2D eigenvalue weighted by molar-refractivity contribution is -0.192. The van der Waals surface area contributed by atoms with Gasteiger partial charge in [0, 0.05) is 33.4 Å². The maximum Gasteiger partial charge on any atom is 0.490 e. The van der Waals surface area contributed by atoms with Crippen LogP contribution in [0.3, 0.4) is 0 Å². The van der Waals surface area contributed by atoms with Gasteiger partial charge in [0.15, 0.2) is 0 Å². The lowest BCUT2D eigenvalue weighted by Gasteiger charge is -2.18. The Morgan fingerprint density at radius 2 is 0.659 bits per heavy atom. The SMILES string of the molecule is CCCCCCCC/C=C\CCCCCCCCOCC(COCCOCCOCCOCCOCCOCCOCCOCCOC(=O)CNCCOC(=O)CNCCOC)OCCCCCCCC/C=C\CCCCCCCC.O=C(O)C(F)(F)F. The molecule has 19 nitrogen and oxygen atoms in total. The number of carboxylic acid groups (broad SMARTS) is 1. The van der Waals surface area contributed by atoms with Crippen molar-refractivity contribution in [3.05, 3.63) is 24.3 Å². The number of nitrogens with one attached hydrogen (secondary N) is 2. The zero-order valence-corrected chi connectivity index (χ0v) is 55.2. The smallest absolute Gasteiger partial charge is 0.475 e. The first-order valence-electron chi connectivity index (χ1n) is 33.7. The van der Waals surface area contributed by atoms with Gasteiger partial charge in [0.2, 0.25) is 0 Å². The summed E-state index contributed by atoms with van der Waals surface area (Å²) in [5.41, 5.74) is 0. The largest absolute Gasteiger partial charge is 0.490 e. The number of aliphatic carboxylic acids is 1. The van der Waals surface area contributed by atoms with E-state index in [2.05, 4.69) is 48.8 Å². The van der Waals surface area contributed by atoms with Crippen LogP contribution >= 0.6 is 0 Å². The molecule has 0 aliphatic rings. The van der Waals surface area contributed by atoms with E-state index in [0.29, 0.717) is 125 Å². The number of allylic oxidation sites excluding steroid dienone is 4. The maximum absolute atomic E-state index is 11.8. The highest BCUT2D eigenvalue weighted by Gasteiger charge is 2.38. The molecule has 0 aliphatic heterocycles. The van der Waals surface area contributed by atoms with Crippen LogP contribution in [0.15, 0.2) is 24.3 Å². The second-order valence-electron chi connectivity index (χ2n) is 21.4. The van der Waals surface area contributed by atoms with Crippen LogP contribution in [0.2, 0.25) is 0 Å². The van der Waals surface area contributed by atoms with Gasteiger partial charge in [-0.1, -0.05) is 154 Å². The lowest BCUT2D eigenvalue weighted by Crippen LogP contribution is -2.31. The molecule has 1 atom stereocenters. The van der Waals surface area contributed by atoms with Crippen molar-refractivity contribution in [3.63, 3.8) is 0 Å². The van der Waals surface area contributed by atoms with Crippen LogP contribution in [0.5, 0.6) is 0 Å². The Bertz CT molecular complexity index is 1490. The summed E-state index contributed by atoms with van der Waals surface area (Å²) < 4.78 is 104. The van der Waals surface area contributed by atoms with Crippen molar-refractivity contribution >= 4 is 17.9 Å². The normalized spacial score (nSPS) is 12.1. The molecule has 0 aromatic carbocycles. The first kappa shape index (κ1) is 87.2. The van der Waals surface area contributed by atoms with Gasteiger partial charge in [-0.05, 0) is 64.2 Å². The molecule has 0 aromatic rings. The third-order valence-corrected chi connectivity index (χ3v) is 13.3. The Kier molecular flexibility index (Phi) is 74.2. The molecular weight excluding hydrogens is 1150 g/mol. The van der Waals surface area contributed by atoms with E-state index in [0.717, 1.165) is 26.1 Å². The van der Waals surface area contributed by atoms with Crippen LogP contribution in [-0.2, 0) is 76.0 Å². The van der Waals surface area contributed by atoms with Crippen molar-refractivity contribution in [2.45, 2.75) is 206 Å². The predicted molar refractivity (Wildman–Crippen MR) is 339 cm³/mol. The van der Waals surface area contributed by atoms with E-state index in [1.54, 1.807) is 7.11 Å². The van der Waals surface area contributed by atoms with Crippen molar-refractivity contribution in [3.8, 4) is 0 Å². The fourth-order valence-electron chi connectivity index (χ4n) is 8.27. The number of carboxylic acids is 1. The third-order valence-electron chi connectivity index (χ3n) is 13.3. The van der Waals surface area contributed by atoms with E-state index in [9.17, 15) is 22.8 Å². The van der Waals surface area contributed by atoms with Crippen molar-refractivity contribution in [1.29, 1.82) is 0 Å². The molecule has 1 unspecified atom stereocenters. The molecule has 0 heterocycles. The highest BCUT2D eigenvalue weighted by Crippen LogP contribution is 2.14. The van der Waals surface area contributed by atoms with Crippen LogP contribution in [0.4, 0.5) is 13.2 Å². The number of rotatable bonds is 71. The molecule has 522 valence electrons. The van der Waals surface area contributed by atoms with Crippen LogP contribution < -0.4 is 10.6 Å². The Morgan fingerprint density at radius 3 is 1.01 bits per heavy atom. The molecule has 22 heteroatoms. The minimum absolute atomic E-state index is 0.0168. The number of unbranched alkanes of at least 4 members (excludes halogenated alkanes) is 24. The number of carbonyl (C=O) groups excluding carboxylic acids is 2. The first-order chi connectivity index (χ1) is 43.1. The van der Waals surface area contributed by atoms with Crippen molar-refractivity contribution in [2.75, 3.05) is 179 Å². The average Bonchev–Trinajstić information content (AvgIpc) is 3.55. The molecule has 0 saturated heterocycles. The number of carbonyl (C=O) groups is 3. The fraction of sp³-hybridized carbons (Fsp3) is 0.894. The first-order valence-corrected chi connectivity index (χ1v) is 33.7. The topological polar surface area (TPSA) is 215 Å². The fourth-order valence-corrected chi connectivity index (χ4v) is 8.27. The molecule has 0 aliphatic carbocycles. The summed E-state index contributed by atoms with van der Waals surface area (Å²) in [5, 5.41) is 12.9. The molecule has 0 amide bonds. The monoisotopic (exact) mass is 1270 g/mol. The van der Waals surface area contributed by atoms with Crippen molar-refractivity contribution in [1.82, 2.24) is 10.6 Å². The molecule has 3 N–H and O–H groups in total. The van der Waals surface area contributed by atoms with Crippen molar-refractivity contribution < 1.29 is 94.2 Å². The number of hydrogen-bond donors (Lipinski definition) is 3. The molecule has 88 heavy (non-hydrogen) atoms. The van der Waals surface area contributed by atoms with Gasteiger partial charge in [-0.15, -0.1) is 0 Å². The molecule has 0 fully saturated rings. The predicted octanol–water partition coefficient (Wildman–Crippen LogP) is 12.1. The minimum Gasteiger partial charge on any atom is -0.475 e. The Morgan fingerprint density at radius 1 is 0.375 bits per heavy atom. The van der Waals surface area contributed by atoms with Crippen LogP contribution in [0.25, 0.3) is 0 Å². The van der Waals surface area contributed by atoms with Crippen LogP contribution in [0.1, 0.15) is 194 Å². The van der Waals surface area contributed by atoms with Gasteiger partial charge < -0.3 is 77.3 Å². The minimum atomic E-state index is -5.08. The second kappa shape index (κ2) is 74.9. The summed E-state index contributed by atoms with van der Waals surface area (Å²) in [5.74, 6) is -3.53. The summed E-state index contributed by atoms with van der Waals surface area (Å²) in [6.45, 7) is 15.8. The van der Waals surface area contributed by atoms with E-state index < -0.39 is 18.1 Å². The van der Waals surface area contributed by atoms with E-state index in [1.165, 1.54) is 167 Å². The number of methoxy groups -OCH3 is 1. The molecule has 0 aromatic heterocycles. The lowest BCUT2D eigenvalue weighted by atomic mass is 10.1. The van der Waals surface area contributed by atoms with E-state index in [4.69, 9.17) is 71.5 Å². The number of hydrogen-bond acceptors (Lipinski definition) is 18. The van der Waals surface area contributed by atoms with Gasteiger partial charge in [0.05, 0.1) is 132 Å². The summed E-state index contributed by atoms with van der Waals surface area (Å²) in [6, 6.07) is 0. The molecule has 0 bridgehead atoms. The van der Waals surface area contributed by atoms with Crippen LogP contribution in [-0.4, -0.2) is 214 Å². The number of ether oxygens (including phenoxy) is 13. The number of halogens is 3. The highest BCUT2D eigenvalue weighted by atomic mass is 19.4. The number of alkyl halides is 3. The van der Waals surface area contributed by atoms with Gasteiger partial charge in [0.25, 0.3) is 0 Å². The summed E-state index contributed by atoms with van der Waals surface area (Å²) in [6.07, 6.45) is 40.9. The molecule has 0 saturated carbocycles. The summed E-state index contributed by atoms with van der Waals surface area (Å²) >= 11 is 0. The maximum atomic E-state index is 11.8. The second-order valence-corrected chi connectivity index (χ2v) is 21.4. The van der Waals surface area contributed by atoms with Crippen molar-refractivity contribution in [2.24, 2.45) is 0 Å². The quantitative estimate of drug-likeness (QED) is 0.0293. The van der Waals surface area contributed by atoms with Gasteiger partial charge in [0.1, 0.15) is 19.3 Å². The summed E-state index contributed by atoms with van der Waals surface area (Å²) in [4.78, 5) is 32.2. The Balaban J connectivity index is 0. The summed E-state index contributed by atoms with van der Waals surface area (Å²) in [7, 11) is 1.59. The third kappa shape index (κ3) is 77.4. The van der Waals surface area contributed by atoms with Gasteiger partial charge in [-0.2, -0.15) is 13.2 Å². The molecule has 0 radical (unpaired) electrons. The van der Waals surface area contributed by atoms with Crippen LogP contribution in [0, 0.1) is 0 Å². The van der Waals surface area contributed by atoms with Gasteiger partial charge in [-0.25, -0.2) is 4.79 Å². The average molecular weight is 1280 g/mol. The highest BCUT2D eigenvalue weighted by molar-refractivity contribution is 5.73. The zero-order valence-electron chi connectivity index (χ0n) is 55.2. The van der Waals surface area contributed by atoms with Gasteiger partial charge in [-0.3, -0.25) is 9.59 Å². The van der Waals surface area contributed by atoms with E-state index in [1.807, 2.05) is 0 Å². The van der Waals surface area contributed by atoms with E-state index >= 15 is 0 Å². The number of esters is 2. The molecule has 0 spiro atoms. The standard InChI is InChI=1S/C64H124N2O15.C2HF3O2/c1-4-6-8-10-12-14-16-18-20-22-24-26-28-30-32-34-38-77-60-62(79-39-35-33-31-29-27-25-23-21-19-17-15-13-11-9-7-5-2)61-78-55-54-75-51-50-73-47-46-71-43-42-70-44-45-72-48-49-74-52-53-76-56-57-81-64(68)59-66-37-41-80-63(67)58-65-36-40-69-3;3-2(4,5)1(6)7/h18-21,62,65-66H,4-17,22-61H2,1-3H3;(H,6,7)/b20-18-,21-19-;.